The van der Waals surface area contributed by atoms with Crippen molar-refractivity contribution in [2.75, 3.05) is 32.8 Å². The number of hydrogen-bond acceptors (Lipinski definition) is 3. The Morgan fingerprint density at radius 1 is 1.14 bits per heavy atom. The first-order valence-corrected chi connectivity index (χ1v) is 8.38. The molecule has 0 amide bonds. The molecule has 0 atom stereocenters. The van der Waals surface area contributed by atoms with E-state index in [2.05, 4.69) is 36.2 Å². The van der Waals surface area contributed by atoms with Crippen molar-refractivity contribution in [1.82, 2.24) is 10.2 Å². The number of rotatable bonds is 5. The zero-order valence-corrected chi connectivity index (χ0v) is 13.5. The molecule has 116 valence electrons. The molecule has 1 aliphatic heterocycles. The largest absolute Gasteiger partial charge is 0.493 e. The van der Waals surface area contributed by atoms with Crippen LogP contribution in [0.4, 0.5) is 0 Å². The van der Waals surface area contributed by atoms with E-state index in [1.54, 1.807) is 0 Å². The average Bonchev–Trinajstić information content (AvgIpc) is 2.43. The van der Waals surface area contributed by atoms with Crippen LogP contribution >= 0.6 is 0 Å². The van der Waals surface area contributed by atoms with Crippen LogP contribution in [0.5, 0.6) is 5.75 Å². The van der Waals surface area contributed by atoms with Gasteiger partial charge in [-0.3, -0.25) is 4.90 Å². The molecule has 0 bridgehead atoms. The molecule has 3 nitrogen and oxygen atoms in total. The Morgan fingerprint density at radius 2 is 1.86 bits per heavy atom. The second-order valence-corrected chi connectivity index (χ2v) is 6.68. The topological polar surface area (TPSA) is 24.5 Å². The van der Waals surface area contributed by atoms with E-state index >= 15 is 0 Å². The van der Waals surface area contributed by atoms with Gasteiger partial charge in [0.15, 0.2) is 0 Å². The van der Waals surface area contributed by atoms with Crippen LogP contribution in [-0.4, -0.2) is 37.7 Å². The number of hydrogen-bond donors (Lipinski definition) is 1. The lowest BCUT2D eigenvalue weighted by Crippen LogP contribution is -2.42. The predicted octanol–water partition coefficient (Wildman–Crippen LogP) is 2.89. The minimum atomic E-state index is 0.790. The maximum Gasteiger partial charge on any atom is 0.124 e. The van der Waals surface area contributed by atoms with E-state index in [9.17, 15) is 0 Å². The first kappa shape index (κ1) is 14.9. The molecule has 0 spiro atoms. The first-order valence-electron chi connectivity index (χ1n) is 8.38. The van der Waals surface area contributed by atoms with Crippen molar-refractivity contribution in [2.45, 2.75) is 39.7 Å². The van der Waals surface area contributed by atoms with Gasteiger partial charge in [0.05, 0.1) is 6.61 Å². The van der Waals surface area contributed by atoms with Gasteiger partial charge in [0.1, 0.15) is 5.75 Å². The normalized spacial score (nSPS) is 20.3. The summed E-state index contributed by atoms with van der Waals surface area (Å²) in [5.74, 6) is 1.90. The van der Waals surface area contributed by atoms with Gasteiger partial charge in [-0.1, -0.05) is 12.5 Å². The highest BCUT2D eigenvalue weighted by Crippen LogP contribution is 2.30. The van der Waals surface area contributed by atoms with Gasteiger partial charge in [-0.25, -0.2) is 0 Å². The summed E-state index contributed by atoms with van der Waals surface area (Å²) in [5.41, 5.74) is 4.07. The molecule has 21 heavy (non-hydrogen) atoms. The zero-order chi connectivity index (χ0) is 14.7. The predicted molar refractivity (Wildman–Crippen MR) is 86.9 cm³/mol. The maximum atomic E-state index is 6.18. The minimum absolute atomic E-state index is 0.790. The number of nitrogens with one attached hydrogen (secondary N) is 1. The summed E-state index contributed by atoms with van der Waals surface area (Å²) in [6.45, 7) is 10.8. The molecule has 1 aromatic rings. The molecule has 0 aromatic heterocycles. The summed E-state index contributed by atoms with van der Waals surface area (Å²) in [6, 6.07) is 4.57. The van der Waals surface area contributed by atoms with Gasteiger partial charge in [-0.05, 0) is 49.8 Å². The van der Waals surface area contributed by atoms with Crippen molar-refractivity contribution >= 4 is 0 Å². The highest BCUT2D eigenvalue weighted by molar-refractivity contribution is 5.41. The summed E-state index contributed by atoms with van der Waals surface area (Å²) in [5, 5.41) is 3.42. The van der Waals surface area contributed by atoms with Crippen LogP contribution in [0.1, 0.15) is 36.0 Å². The Kier molecular flexibility index (Phi) is 4.81. The van der Waals surface area contributed by atoms with Gasteiger partial charge in [-0.2, -0.15) is 0 Å². The second kappa shape index (κ2) is 6.80. The van der Waals surface area contributed by atoms with Gasteiger partial charge in [0.2, 0.25) is 0 Å². The molecule has 1 aromatic carbocycles. The summed E-state index contributed by atoms with van der Waals surface area (Å²) >= 11 is 0. The van der Waals surface area contributed by atoms with E-state index in [1.165, 1.54) is 36.0 Å². The SMILES string of the molecule is Cc1cc(CN2CCNCC2)c(OCC2CCC2)cc1C. The van der Waals surface area contributed by atoms with E-state index in [-0.39, 0.29) is 0 Å². The Bertz CT molecular complexity index is 476. The Labute approximate surface area is 128 Å². The van der Waals surface area contributed by atoms with Crippen LogP contribution in [-0.2, 0) is 6.54 Å². The molecule has 1 saturated carbocycles. The van der Waals surface area contributed by atoms with Crippen molar-refractivity contribution in [3.05, 3.63) is 28.8 Å². The molecular formula is C18H28N2O. The van der Waals surface area contributed by atoms with E-state index < -0.39 is 0 Å². The number of ether oxygens (including phenoxy) is 1. The Hall–Kier alpha value is -1.06. The summed E-state index contributed by atoms with van der Waals surface area (Å²) in [7, 11) is 0. The zero-order valence-electron chi connectivity index (χ0n) is 13.5. The molecule has 0 unspecified atom stereocenters. The summed E-state index contributed by atoms with van der Waals surface area (Å²) in [6.07, 6.45) is 4.07. The van der Waals surface area contributed by atoms with E-state index in [0.29, 0.717) is 0 Å². The number of piperazine rings is 1. The molecular weight excluding hydrogens is 260 g/mol. The fourth-order valence-electron chi connectivity index (χ4n) is 3.08. The molecule has 1 N–H and O–H groups in total. The Balaban J connectivity index is 1.70. The lowest BCUT2D eigenvalue weighted by Gasteiger charge is -2.29. The molecule has 3 rings (SSSR count). The van der Waals surface area contributed by atoms with E-state index in [0.717, 1.165) is 51.0 Å². The quantitative estimate of drug-likeness (QED) is 0.901. The fourth-order valence-corrected chi connectivity index (χ4v) is 3.08. The summed E-state index contributed by atoms with van der Waals surface area (Å²) in [4.78, 5) is 2.52. The van der Waals surface area contributed by atoms with Crippen LogP contribution < -0.4 is 10.1 Å². The third kappa shape index (κ3) is 3.78. The molecule has 1 saturated heterocycles. The monoisotopic (exact) mass is 288 g/mol. The first-order chi connectivity index (χ1) is 10.2. The smallest absolute Gasteiger partial charge is 0.124 e. The molecule has 3 heteroatoms. The summed E-state index contributed by atoms with van der Waals surface area (Å²) < 4.78 is 6.18. The molecule has 2 aliphatic rings. The van der Waals surface area contributed by atoms with Gasteiger partial charge >= 0.3 is 0 Å². The van der Waals surface area contributed by atoms with Crippen LogP contribution in [0, 0.1) is 19.8 Å². The average molecular weight is 288 g/mol. The Morgan fingerprint density at radius 3 is 2.52 bits per heavy atom. The maximum absolute atomic E-state index is 6.18. The molecule has 2 fully saturated rings. The van der Waals surface area contributed by atoms with Gasteiger partial charge in [0, 0.05) is 38.3 Å². The fraction of sp³-hybridized carbons (Fsp3) is 0.667. The van der Waals surface area contributed by atoms with E-state index in [4.69, 9.17) is 4.74 Å². The lowest BCUT2D eigenvalue weighted by molar-refractivity contribution is 0.175. The van der Waals surface area contributed by atoms with E-state index in [1.807, 2.05) is 0 Å². The van der Waals surface area contributed by atoms with Crippen molar-refractivity contribution in [3.8, 4) is 5.75 Å². The highest BCUT2D eigenvalue weighted by Gasteiger charge is 2.19. The van der Waals surface area contributed by atoms with Gasteiger partial charge in [0.25, 0.3) is 0 Å². The van der Waals surface area contributed by atoms with Crippen molar-refractivity contribution < 1.29 is 4.74 Å². The lowest BCUT2D eigenvalue weighted by atomic mass is 9.86. The van der Waals surface area contributed by atoms with Gasteiger partial charge < -0.3 is 10.1 Å². The highest BCUT2D eigenvalue weighted by atomic mass is 16.5. The van der Waals surface area contributed by atoms with Crippen molar-refractivity contribution in [1.29, 1.82) is 0 Å². The number of nitrogens with zero attached hydrogens (tertiary/aromatic N) is 1. The van der Waals surface area contributed by atoms with Gasteiger partial charge in [-0.15, -0.1) is 0 Å². The van der Waals surface area contributed by atoms with Crippen LogP contribution in [0.3, 0.4) is 0 Å². The molecule has 0 radical (unpaired) electrons. The number of benzene rings is 1. The minimum Gasteiger partial charge on any atom is -0.493 e. The standard InChI is InChI=1S/C18H28N2O/c1-14-10-17(12-20-8-6-19-7-9-20)18(11-15(14)2)21-13-16-4-3-5-16/h10-11,16,19H,3-9,12-13H2,1-2H3. The molecule has 1 heterocycles. The number of aryl methyl sites for hydroxylation is 2. The third-order valence-corrected chi connectivity index (χ3v) is 4.98. The van der Waals surface area contributed by atoms with Crippen molar-refractivity contribution in [3.63, 3.8) is 0 Å². The van der Waals surface area contributed by atoms with Crippen molar-refractivity contribution in [2.24, 2.45) is 5.92 Å². The second-order valence-electron chi connectivity index (χ2n) is 6.68. The third-order valence-electron chi connectivity index (χ3n) is 4.98. The van der Waals surface area contributed by atoms with Crippen LogP contribution in [0.15, 0.2) is 12.1 Å². The van der Waals surface area contributed by atoms with Crippen LogP contribution in [0.2, 0.25) is 0 Å². The van der Waals surface area contributed by atoms with Crippen LogP contribution in [0.25, 0.3) is 0 Å². The molecule has 1 aliphatic carbocycles.